The van der Waals surface area contributed by atoms with E-state index in [0.29, 0.717) is 10.5 Å². The predicted octanol–water partition coefficient (Wildman–Crippen LogP) is 2.53. The first-order valence-electron chi connectivity index (χ1n) is 6.12. The maximum absolute atomic E-state index is 11.9. The zero-order valence-corrected chi connectivity index (χ0v) is 13.6. The second kappa shape index (κ2) is 4.89. The van der Waals surface area contributed by atoms with Crippen LogP contribution in [0, 0.1) is 4.77 Å². The number of nitrogens with one attached hydrogen (secondary N) is 1. The van der Waals surface area contributed by atoms with Crippen molar-refractivity contribution < 1.29 is 13.2 Å². The van der Waals surface area contributed by atoms with Crippen molar-refractivity contribution >= 4 is 33.1 Å². The zero-order valence-electron chi connectivity index (χ0n) is 11.9. The Morgan fingerprint density at radius 2 is 2.05 bits per heavy atom. The van der Waals surface area contributed by atoms with Gasteiger partial charge in [0.2, 0.25) is 0 Å². The predicted molar refractivity (Wildman–Crippen MR) is 82.6 cm³/mol. The van der Waals surface area contributed by atoms with Gasteiger partial charge in [0.15, 0.2) is 14.6 Å². The summed E-state index contributed by atoms with van der Waals surface area (Å²) in [6.45, 7) is 3.68. The topological polar surface area (TPSA) is 64.1 Å². The average molecular weight is 314 g/mol. The number of para-hydroxylation sites is 1. The van der Waals surface area contributed by atoms with Crippen molar-refractivity contribution in [1.82, 2.24) is 9.55 Å². The lowest BCUT2D eigenvalue weighted by molar-refractivity contribution is 0.419. The number of fused-ring (bicyclic) bond motifs is 1. The van der Waals surface area contributed by atoms with Crippen LogP contribution in [0.2, 0.25) is 0 Å². The average Bonchev–Trinajstić information content (AvgIpc) is 2.64. The molecule has 0 fully saturated rings. The van der Waals surface area contributed by atoms with Crippen LogP contribution in [0.3, 0.4) is 0 Å². The van der Waals surface area contributed by atoms with Gasteiger partial charge in [-0.25, -0.2) is 8.42 Å². The van der Waals surface area contributed by atoms with Gasteiger partial charge in [-0.15, -0.1) is 0 Å². The molecule has 0 atom stereocenters. The highest BCUT2D eigenvalue weighted by molar-refractivity contribution is 7.92. The van der Waals surface area contributed by atoms with Crippen molar-refractivity contribution in [3.05, 3.63) is 23.0 Å². The SMILES string of the molecule is COc1cccc2c1[nH]c(=S)n2CC(C)(C)S(C)(=O)=O. The van der Waals surface area contributed by atoms with Gasteiger partial charge in [0, 0.05) is 12.8 Å². The molecule has 0 spiro atoms. The number of hydrogen-bond donors (Lipinski definition) is 1. The van der Waals surface area contributed by atoms with E-state index in [1.807, 2.05) is 18.2 Å². The van der Waals surface area contributed by atoms with E-state index in [1.54, 1.807) is 25.5 Å². The fourth-order valence-electron chi connectivity index (χ4n) is 1.98. The van der Waals surface area contributed by atoms with Crippen molar-refractivity contribution in [2.24, 2.45) is 0 Å². The van der Waals surface area contributed by atoms with Crippen LogP contribution in [0.1, 0.15) is 13.8 Å². The summed E-state index contributed by atoms with van der Waals surface area (Å²) in [6, 6.07) is 5.58. The molecule has 110 valence electrons. The van der Waals surface area contributed by atoms with Crippen LogP contribution in [-0.4, -0.2) is 36.1 Å². The third-order valence-corrected chi connectivity index (χ3v) is 5.99. The van der Waals surface area contributed by atoms with Gasteiger partial charge in [-0.3, -0.25) is 0 Å². The Balaban J connectivity index is 2.62. The van der Waals surface area contributed by atoms with Crippen LogP contribution in [0.15, 0.2) is 18.2 Å². The summed E-state index contributed by atoms with van der Waals surface area (Å²) >= 11 is 5.31. The number of ether oxygens (including phenoxy) is 1. The second-order valence-corrected chi connectivity index (χ2v) is 8.44. The van der Waals surface area contributed by atoms with Crippen molar-refractivity contribution in [2.45, 2.75) is 25.1 Å². The van der Waals surface area contributed by atoms with Gasteiger partial charge >= 0.3 is 0 Å². The molecule has 1 aromatic carbocycles. The van der Waals surface area contributed by atoms with Crippen LogP contribution < -0.4 is 4.74 Å². The molecular formula is C13H18N2O3S2. The van der Waals surface area contributed by atoms with E-state index in [4.69, 9.17) is 17.0 Å². The van der Waals surface area contributed by atoms with Crippen molar-refractivity contribution in [3.63, 3.8) is 0 Å². The van der Waals surface area contributed by atoms with Gasteiger partial charge in [0.05, 0.1) is 17.4 Å². The maximum Gasteiger partial charge on any atom is 0.178 e. The lowest BCUT2D eigenvalue weighted by Gasteiger charge is -2.23. The highest BCUT2D eigenvalue weighted by Gasteiger charge is 2.31. The van der Waals surface area contributed by atoms with Crippen LogP contribution in [0.25, 0.3) is 11.0 Å². The zero-order chi connectivity index (χ0) is 15.1. The molecule has 0 saturated heterocycles. The summed E-state index contributed by atoms with van der Waals surface area (Å²) in [6.07, 6.45) is 1.24. The third kappa shape index (κ3) is 2.47. The Hall–Kier alpha value is -1.34. The van der Waals surface area contributed by atoms with Crippen molar-refractivity contribution in [3.8, 4) is 5.75 Å². The van der Waals surface area contributed by atoms with Gasteiger partial charge in [-0.1, -0.05) is 6.07 Å². The molecule has 2 rings (SSSR count). The Labute approximate surface area is 123 Å². The monoisotopic (exact) mass is 314 g/mol. The minimum Gasteiger partial charge on any atom is -0.494 e. The van der Waals surface area contributed by atoms with E-state index in [-0.39, 0.29) is 6.54 Å². The van der Waals surface area contributed by atoms with Gasteiger partial charge in [-0.2, -0.15) is 0 Å². The lowest BCUT2D eigenvalue weighted by Crippen LogP contribution is -2.35. The standard InChI is InChI=1S/C13H18N2O3S2/c1-13(2,20(4,16)17)8-15-9-6-5-7-10(18-3)11(9)14-12(15)19/h5-7H,8H2,1-4H3,(H,14,19). The van der Waals surface area contributed by atoms with Crippen LogP contribution in [0.4, 0.5) is 0 Å². The summed E-state index contributed by atoms with van der Waals surface area (Å²) in [7, 11) is -1.61. The molecule has 7 heteroatoms. The largest absolute Gasteiger partial charge is 0.494 e. The first-order valence-corrected chi connectivity index (χ1v) is 8.42. The number of nitrogens with zero attached hydrogens (tertiary/aromatic N) is 1. The van der Waals surface area contributed by atoms with Crippen LogP contribution in [-0.2, 0) is 16.4 Å². The minimum atomic E-state index is -3.19. The number of benzene rings is 1. The number of hydrogen-bond acceptors (Lipinski definition) is 4. The van der Waals surface area contributed by atoms with Crippen molar-refractivity contribution in [2.75, 3.05) is 13.4 Å². The molecular weight excluding hydrogens is 296 g/mol. The Bertz CT molecular complexity index is 801. The number of sulfone groups is 1. The third-order valence-electron chi connectivity index (χ3n) is 3.53. The molecule has 0 aliphatic carbocycles. The highest BCUT2D eigenvalue weighted by atomic mass is 32.2. The molecule has 0 amide bonds. The summed E-state index contributed by atoms with van der Waals surface area (Å²) in [5.74, 6) is 0.685. The minimum absolute atomic E-state index is 0.290. The quantitative estimate of drug-likeness (QED) is 0.881. The maximum atomic E-state index is 11.9. The Kier molecular flexibility index (Phi) is 3.68. The Morgan fingerprint density at radius 1 is 1.40 bits per heavy atom. The van der Waals surface area contributed by atoms with Crippen LogP contribution in [0.5, 0.6) is 5.75 Å². The number of aromatic nitrogens is 2. The summed E-state index contributed by atoms with van der Waals surface area (Å²) in [4.78, 5) is 3.08. The highest BCUT2D eigenvalue weighted by Crippen LogP contribution is 2.27. The molecule has 20 heavy (non-hydrogen) atoms. The number of aromatic amines is 1. The molecule has 1 aromatic heterocycles. The first kappa shape index (κ1) is 15.1. The normalized spacial score (nSPS) is 12.8. The fraction of sp³-hybridized carbons (Fsp3) is 0.462. The van der Waals surface area contributed by atoms with Gasteiger partial charge in [0.25, 0.3) is 0 Å². The van der Waals surface area contributed by atoms with Gasteiger partial charge < -0.3 is 14.3 Å². The summed E-state index contributed by atoms with van der Waals surface area (Å²) in [5.41, 5.74) is 1.62. The first-order chi connectivity index (χ1) is 9.17. The van der Waals surface area contributed by atoms with Gasteiger partial charge in [-0.05, 0) is 38.2 Å². The molecule has 0 radical (unpaired) electrons. The van der Waals surface area contributed by atoms with E-state index in [2.05, 4.69) is 4.98 Å². The molecule has 0 unspecified atom stereocenters. The molecule has 0 bridgehead atoms. The van der Waals surface area contributed by atoms with E-state index in [1.165, 1.54) is 6.26 Å². The van der Waals surface area contributed by atoms with Crippen molar-refractivity contribution in [1.29, 1.82) is 0 Å². The summed E-state index contributed by atoms with van der Waals surface area (Å²) in [5, 5.41) is 0. The molecule has 0 aliphatic heterocycles. The smallest absolute Gasteiger partial charge is 0.178 e. The molecule has 2 aromatic rings. The number of rotatable bonds is 4. The second-order valence-electron chi connectivity index (χ2n) is 5.40. The molecule has 0 aliphatic rings. The van der Waals surface area contributed by atoms with E-state index < -0.39 is 14.6 Å². The summed E-state index contributed by atoms with van der Waals surface area (Å²) < 4.78 is 30.4. The lowest BCUT2D eigenvalue weighted by atomic mass is 10.2. The van der Waals surface area contributed by atoms with E-state index >= 15 is 0 Å². The number of H-pyrrole nitrogens is 1. The van der Waals surface area contributed by atoms with E-state index in [9.17, 15) is 8.42 Å². The molecule has 0 saturated carbocycles. The van der Waals surface area contributed by atoms with Gasteiger partial charge in [0.1, 0.15) is 11.3 Å². The van der Waals surface area contributed by atoms with E-state index in [0.717, 1.165) is 11.0 Å². The Morgan fingerprint density at radius 3 is 2.60 bits per heavy atom. The fourth-order valence-corrected chi connectivity index (χ4v) is 2.61. The van der Waals surface area contributed by atoms with Crippen LogP contribution >= 0.6 is 12.2 Å². The molecule has 1 N–H and O–H groups in total. The molecule has 5 nitrogen and oxygen atoms in total. The number of methoxy groups -OCH3 is 1. The number of imidazole rings is 1. The molecule has 1 heterocycles.